The first-order chi connectivity index (χ1) is 8.61. The van der Waals surface area contributed by atoms with Crippen LogP contribution in [0, 0.1) is 17.1 Å². The van der Waals surface area contributed by atoms with E-state index in [-0.39, 0.29) is 11.3 Å². The summed E-state index contributed by atoms with van der Waals surface area (Å²) < 4.78 is 13.4. The van der Waals surface area contributed by atoms with Crippen molar-refractivity contribution in [2.45, 2.75) is 6.92 Å². The van der Waals surface area contributed by atoms with Crippen LogP contribution in [0.25, 0.3) is 11.1 Å². The summed E-state index contributed by atoms with van der Waals surface area (Å²) in [6.07, 6.45) is 0. The largest absolute Gasteiger partial charge is 0.294 e. The zero-order valence-electron chi connectivity index (χ0n) is 9.77. The number of nitriles is 1. The van der Waals surface area contributed by atoms with Crippen LogP contribution >= 0.6 is 0 Å². The lowest BCUT2D eigenvalue weighted by Gasteiger charge is -2.07. The maximum atomic E-state index is 13.4. The predicted molar refractivity (Wildman–Crippen MR) is 66.6 cm³/mol. The Bertz CT molecular complexity index is 656. The van der Waals surface area contributed by atoms with Gasteiger partial charge in [0.1, 0.15) is 5.82 Å². The Morgan fingerprint density at radius 3 is 2.61 bits per heavy atom. The highest BCUT2D eigenvalue weighted by Crippen LogP contribution is 2.25. The van der Waals surface area contributed by atoms with E-state index < -0.39 is 5.82 Å². The average Bonchev–Trinajstić information content (AvgIpc) is 2.38. The molecule has 88 valence electrons. The number of nitrogens with zero attached hydrogens (tertiary/aromatic N) is 1. The third-order valence-corrected chi connectivity index (χ3v) is 2.64. The molecule has 0 atom stereocenters. The van der Waals surface area contributed by atoms with Crippen LogP contribution in [-0.2, 0) is 0 Å². The standard InChI is InChI=1S/C15H10FNO/c1-10(18)14-4-2-3-5-15(14)12-6-11(9-17)7-13(16)8-12/h2-8H,1H3. The van der Waals surface area contributed by atoms with Crippen LogP contribution in [0.3, 0.4) is 0 Å². The second-order valence-electron chi connectivity index (χ2n) is 3.94. The van der Waals surface area contributed by atoms with Gasteiger partial charge in [-0.05, 0) is 36.2 Å². The Hall–Kier alpha value is -2.47. The molecule has 2 nitrogen and oxygen atoms in total. The minimum Gasteiger partial charge on any atom is -0.294 e. The number of hydrogen-bond donors (Lipinski definition) is 0. The SMILES string of the molecule is CC(=O)c1ccccc1-c1cc(F)cc(C#N)c1. The second kappa shape index (κ2) is 4.80. The van der Waals surface area contributed by atoms with Gasteiger partial charge in [0, 0.05) is 5.56 Å². The molecule has 2 rings (SSSR count). The van der Waals surface area contributed by atoms with Crippen molar-refractivity contribution >= 4 is 5.78 Å². The van der Waals surface area contributed by atoms with Crippen molar-refractivity contribution in [1.82, 2.24) is 0 Å². The van der Waals surface area contributed by atoms with E-state index >= 15 is 0 Å². The molecule has 0 radical (unpaired) electrons. The van der Waals surface area contributed by atoms with E-state index in [1.165, 1.54) is 19.1 Å². The van der Waals surface area contributed by atoms with Crippen LogP contribution in [0.4, 0.5) is 4.39 Å². The molecule has 3 heteroatoms. The van der Waals surface area contributed by atoms with E-state index in [2.05, 4.69) is 0 Å². The van der Waals surface area contributed by atoms with Crippen molar-refractivity contribution in [1.29, 1.82) is 5.26 Å². The maximum Gasteiger partial charge on any atom is 0.160 e. The molecule has 0 aliphatic rings. The van der Waals surface area contributed by atoms with Gasteiger partial charge in [-0.25, -0.2) is 4.39 Å². The van der Waals surface area contributed by atoms with E-state index in [1.807, 2.05) is 6.07 Å². The Labute approximate surface area is 104 Å². The Balaban J connectivity index is 2.66. The van der Waals surface area contributed by atoms with Gasteiger partial charge in [0.2, 0.25) is 0 Å². The van der Waals surface area contributed by atoms with E-state index in [4.69, 9.17) is 5.26 Å². The van der Waals surface area contributed by atoms with E-state index in [1.54, 1.807) is 30.3 Å². The molecule has 0 heterocycles. The fourth-order valence-corrected chi connectivity index (χ4v) is 1.85. The molecule has 0 amide bonds. The van der Waals surface area contributed by atoms with Crippen LogP contribution in [0.5, 0.6) is 0 Å². The van der Waals surface area contributed by atoms with Gasteiger partial charge >= 0.3 is 0 Å². The summed E-state index contributed by atoms with van der Waals surface area (Å²) in [5.41, 5.74) is 1.94. The normalized spacial score (nSPS) is 9.83. The minimum absolute atomic E-state index is 0.0895. The van der Waals surface area contributed by atoms with Crippen LogP contribution < -0.4 is 0 Å². The second-order valence-corrected chi connectivity index (χ2v) is 3.94. The third-order valence-electron chi connectivity index (χ3n) is 2.64. The summed E-state index contributed by atoms with van der Waals surface area (Å²) in [6, 6.07) is 12.9. The molecule has 0 N–H and O–H groups in total. The molecular formula is C15H10FNO. The molecule has 0 fully saturated rings. The van der Waals surface area contributed by atoms with Crippen molar-refractivity contribution in [2.75, 3.05) is 0 Å². The third kappa shape index (κ3) is 2.28. The summed E-state index contributed by atoms with van der Waals surface area (Å²) in [7, 11) is 0. The highest BCUT2D eigenvalue weighted by Gasteiger charge is 2.10. The van der Waals surface area contributed by atoms with Crippen LogP contribution in [-0.4, -0.2) is 5.78 Å². The van der Waals surface area contributed by atoms with Gasteiger partial charge < -0.3 is 0 Å². The van der Waals surface area contributed by atoms with E-state index in [9.17, 15) is 9.18 Å². The summed E-state index contributed by atoms with van der Waals surface area (Å²) in [4.78, 5) is 11.5. The molecule has 0 saturated heterocycles. The molecule has 0 unspecified atom stereocenters. The van der Waals surface area contributed by atoms with E-state index in [0.29, 0.717) is 16.7 Å². The predicted octanol–water partition coefficient (Wildman–Crippen LogP) is 3.57. The highest BCUT2D eigenvalue weighted by molar-refractivity contribution is 6.00. The van der Waals surface area contributed by atoms with E-state index in [0.717, 1.165) is 0 Å². The van der Waals surface area contributed by atoms with Gasteiger partial charge in [0.05, 0.1) is 11.6 Å². The molecule has 2 aromatic carbocycles. The zero-order chi connectivity index (χ0) is 13.1. The summed E-state index contributed by atoms with van der Waals surface area (Å²) >= 11 is 0. The van der Waals surface area contributed by atoms with Gasteiger partial charge in [0.25, 0.3) is 0 Å². The Morgan fingerprint density at radius 1 is 1.22 bits per heavy atom. The van der Waals surface area contributed by atoms with Crippen LogP contribution in [0.2, 0.25) is 0 Å². The van der Waals surface area contributed by atoms with Gasteiger partial charge in [0.15, 0.2) is 5.78 Å². The number of Topliss-reactive ketones (excluding diaryl/α,β-unsaturated/α-hetero) is 1. The van der Waals surface area contributed by atoms with Crippen molar-refractivity contribution in [3.63, 3.8) is 0 Å². The molecule has 18 heavy (non-hydrogen) atoms. The molecule has 0 bridgehead atoms. The minimum atomic E-state index is -0.484. The van der Waals surface area contributed by atoms with Crippen molar-refractivity contribution in [3.05, 3.63) is 59.4 Å². The first-order valence-corrected chi connectivity index (χ1v) is 5.43. The molecular weight excluding hydrogens is 229 g/mol. The smallest absolute Gasteiger partial charge is 0.160 e. The number of carbonyl (C=O) groups is 1. The van der Waals surface area contributed by atoms with Gasteiger partial charge in [-0.1, -0.05) is 24.3 Å². The Kier molecular flexibility index (Phi) is 3.20. The van der Waals surface area contributed by atoms with Gasteiger partial charge in [-0.2, -0.15) is 5.26 Å². The first kappa shape index (κ1) is 12.0. The van der Waals surface area contributed by atoms with Crippen LogP contribution in [0.15, 0.2) is 42.5 Å². The topological polar surface area (TPSA) is 40.9 Å². The molecule has 0 spiro atoms. The van der Waals surface area contributed by atoms with Crippen LogP contribution in [0.1, 0.15) is 22.8 Å². The number of ketones is 1. The number of hydrogen-bond acceptors (Lipinski definition) is 2. The number of rotatable bonds is 2. The Morgan fingerprint density at radius 2 is 1.94 bits per heavy atom. The maximum absolute atomic E-state index is 13.4. The lowest BCUT2D eigenvalue weighted by Crippen LogP contribution is -1.96. The fraction of sp³-hybridized carbons (Fsp3) is 0.0667. The summed E-state index contributed by atoms with van der Waals surface area (Å²) in [5, 5.41) is 8.83. The average molecular weight is 239 g/mol. The molecule has 0 aromatic heterocycles. The van der Waals surface area contributed by atoms with Crippen molar-refractivity contribution in [2.24, 2.45) is 0 Å². The van der Waals surface area contributed by atoms with Gasteiger partial charge in [-0.3, -0.25) is 4.79 Å². The highest BCUT2D eigenvalue weighted by atomic mass is 19.1. The molecule has 0 aliphatic carbocycles. The molecule has 2 aromatic rings. The quantitative estimate of drug-likeness (QED) is 0.752. The number of benzene rings is 2. The molecule has 0 aliphatic heterocycles. The molecule has 0 saturated carbocycles. The summed E-state index contributed by atoms with van der Waals surface area (Å²) in [5.74, 6) is -0.573. The lowest BCUT2D eigenvalue weighted by molar-refractivity contribution is 0.101. The number of halogens is 1. The summed E-state index contributed by atoms with van der Waals surface area (Å²) in [6.45, 7) is 1.46. The fourth-order valence-electron chi connectivity index (χ4n) is 1.85. The van der Waals surface area contributed by atoms with Crippen molar-refractivity contribution in [3.8, 4) is 17.2 Å². The van der Waals surface area contributed by atoms with Crippen molar-refractivity contribution < 1.29 is 9.18 Å². The first-order valence-electron chi connectivity index (χ1n) is 5.43. The lowest BCUT2D eigenvalue weighted by atomic mass is 9.96. The monoisotopic (exact) mass is 239 g/mol. The number of carbonyl (C=O) groups excluding carboxylic acids is 1. The van der Waals surface area contributed by atoms with Gasteiger partial charge in [-0.15, -0.1) is 0 Å². The zero-order valence-corrected chi connectivity index (χ0v) is 9.77.